The summed E-state index contributed by atoms with van der Waals surface area (Å²) in [6.07, 6.45) is 2.66. The minimum Gasteiger partial charge on any atom is -0.487 e. The molecule has 1 aliphatic rings. The van der Waals surface area contributed by atoms with Crippen molar-refractivity contribution in [2.24, 2.45) is 0 Å². The van der Waals surface area contributed by atoms with Gasteiger partial charge in [-0.25, -0.2) is 0 Å². The fraction of sp³-hybridized carbons (Fsp3) is 0.333. The van der Waals surface area contributed by atoms with E-state index in [0.717, 1.165) is 27.3 Å². The number of hydrogen-bond donors (Lipinski definition) is 1. The summed E-state index contributed by atoms with van der Waals surface area (Å²) in [5.41, 5.74) is 0. The molecule has 1 saturated carbocycles. The minimum atomic E-state index is 0.619. The van der Waals surface area contributed by atoms with E-state index >= 15 is 0 Å². The van der Waals surface area contributed by atoms with Crippen LogP contribution in [0.1, 0.15) is 22.6 Å². The molecule has 2 nitrogen and oxygen atoms in total. The molecule has 0 radical (unpaired) electrons. The molecule has 1 fully saturated rings. The van der Waals surface area contributed by atoms with E-state index in [4.69, 9.17) is 4.74 Å². The van der Waals surface area contributed by atoms with Gasteiger partial charge in [0.15, 0.2) is 0 Å². The summed E-state index contributed by atoms with van der Waals surface area (Å²) in [7, 11) is 0. The maximum atomic E-state index is 5.85. The first kappa shape index (κ1) is 14.6. The maximum Gasteiger partial charge on any atom is 0.134 e. The smallest absolute Gasteiger partial charge is 0.134 e. The lowest BCUT2D eigenvalue weighted by molar-refractivity contribution is 0.308. The third kappa shape index (κ3) is 4.07. The van der Waals surface area contributed by atoms with E-state index in [1.807, 2.05) is 29.5 Å². The molecule has 0 saturated heterocycles. The summed E-state index contributed by atoms with van der Waals surface area (Å²) in [6.45, 7) is 1.60. The first-order chi connectivity index (χ1) is 9.70. The second-order valence-electron chi connectivity index (χ2n) is 4.89. The SMILES string of the molecule is Brc1ccc(OCc2ccc(CNC3CC3)s2)c(Br)c1. The van der Waals surface area contributed by atoms with Crippen molar-refractivity contribution in [1.29, 1.82) is 0 Å². The molecule has 0 amide bonds. The highest BCUT2D eigenvalue weighted by molar-refractivity contribution is 9.11. The number of thiophene rings is 1. The molecule has 1 N–H and O–H groups in total. The summed E-state index contributed by atoms with van der Waals surface area (Å²) in [5, 5.41) is 3.53. The Morgan fingerprint density at radius 2 is 1.95 bits per heavy atom. The third-order valence-corrected chi connectivity index (χ3v) is 5.30. The van der Waals surface area contributed by atoms with E-state index in [1.165, 1.54) is 22.6 Å². The van der Waals surface area contributed by atoms with Gasteiger partial charge in [-0.05, 0) is 59.1 Å². The minimum absolute atomic E-state index is 0.619. The number of nitrogens with one attached hydrogen (secondary N) is 1. The predicted octanol–water partition coefficient (Wildman–Crippen LogP) is 5.10. The third-order valence-electron chi connectivity index (χ3n) is 3.12. The van der Waals surface area contributed by atoms with Crippen LogP contribution in [-0.2, 0) is 13.2 Å². The lowest BCUT2D eigenvalue weighted by Gasteiger charge is -2.07. The van der Waals surface area contributed by atoms with Crippen LogP contribution in [0.4, 0.5) is 0 Å². The van der Waals surface area contributed by atoms with E-state index in [-0.39, 0.29) is 0 Å². The van der Waals surface area contributed by atoms with Gasteiger partial charge in [0, 0.05) is 26.8 Å². The van der Waals surface area contributed by atoms with Crippen LogP contribution in [0, 0.1) is 0 Å². The molecular weight excluding hydrogens is 402 g/mol. The van der Waals surface area contributed by atoms with Gasteiger partial charge >= 0.3 is 0 Å². The Labute approximate surface area is 139 Å². The van der Waals surface area contributed by atoms with Gasteiger partial charge in [0.05, 0.1) is 4.47 Å². The van der Waals surface area contributed by atoms with E-state index in [0.29, 0.717) is 6.61 Å². The average Bonchev–Trinajstić information content (AvgIpc) is 3.14. The molecule has 1 heterocycles. The highest BCUT2D eigenvalue weighted by Gasteiger charge is 2.20. The molecule has 106 valence electrons. The van der Waals surface area contributed by atoms with Gasteiger partial charge < -0.3 is 10.1 Å². The molecule has 0 atom stereocenters. The number of rotatable bonds is 6. The highest BCUT2D eigenvalue weighted by atomic mass is 79.9. The first-order valence-electron chi connectivity index (χ1n) is 6.59. The van der Waals surface area contributed by atoms with Crippen molar-refractivity contribution in [3.63, 3.8) is 0 Å². The van der Waals surface area contributed by atoms with Crippen LogP contribution in [0.15, 0.2) is 39.3 Å². The van der Waals surface area contributed by atoms with E-state index in [2.05, 4.69) is 49.3 Å². The number of halogens is 2. The van der Waals surface area contributed by atoms with Crippen LogP contribution in [0.3, 0.4) is 0 Å². The van der Waals surface area contributed by atoms with E-state index in [9.17, 15) is 0 Å². The monoisotopic (exact) mass is 415 g/mol. The molecule has 20 heavy (non-hydrogen) atoms. The summed E-state index contributed by atoms with van der Waals surface area (Å²) in [4.78, 5) is 2.64. The van der Waals surface area contributed by atoms with E-state index < -0.39 is 0 Å². The Morgan fingerprint density at radius 1 is 1.15 bits per heavy atom. The van der Waals surface area contributed by atoms with Crippen molar-refractivity contribution in [2.75, 3.05) is 0 Å². The van der Waals surface area contributed by atoms with Gasteiger partial charge in [-0.3, -0.25) is 0 Å². The average molecular weight is 417 g/mol. The molecular formula is C15H15Br2NOS. The molecule has 3 rings (SSSR count). The lowest BCUT2D eigenvalue weighted by atomic mass is 10.3. The van der Waals surface area contributed by atoms with Crippen molar-refractivity contribution < 1.29 is 4.74 Å². The van der Waals surface area contributed by atoms with E-state index in [1.54, 1.807) is 0 Å². The summed E-state index contributed by atoms with van der Waals surface area (Å²) in [6, 6.07) is 11.1. The molecule has 5 heteroatoms. The zero-order valence-electron chi connectivity index (χ0n) is 10.9. The zero-order chi connectivity index (χ0) is 13.9. The standard InChI is InChI=1S/C15H15Br2NOS/c16-10-1-6-15(14(17)7-10)19-9-13-5-4-12(20-13)8-18-11-2-3-11/h1,4-7,11,18H,2-3,8-9H2. The van der Waals surface area contributed by atoms with Crippen LogP contribution in [0.5, 0.6) is 5.75 Å². The van der Waals surface area contributed by atoms with Gasteiger partial charge in [0.2, 0.25) is 0 Å². The molecule has 0 aliphatic heterocycles. The van der Waals surface area contributed by atoms with Crippen LogP contribution in [0.25, 0.3) is 0 Å². The second kappa shape index (κ2) is 6.60. The first-order valence-corrected chi connectivity index (χ1v) is 9.00. The fourth-order valence-corrected chi connectivity index (χ4v) is 3.91. The fourth-order valence-electron chi connectivity index (χ4n) is 1.87. The number of hydrogen-bond acceptors (Lipinski definition) is 3. The maximum absolute atomic E-state index is 5.85. The molecule has 1 aliphatic carbocycles. The topological polar surface area (TPSA) is 21.3 Å². The Bertz CT molecular complexity index is 595. The Balaban J connectivity index is 1.54. The Hall–Kier alpha value is -0.360. The molecule has 2 aromatic rings. The molecule has 0 unspecified atom stereocenters. The van der Waals surface area contributed by atoms with Crippen LogP contribution < -0.4 is 10.1 Å². The Kier molecular flexibility index (Phi) is 4.81. The van der Waals surface area contributed by atoms with Gasteiger partial charge in [-0.2, -0.15) is 0 Å². The summed E-state index contributed by atoms with van der Waals surface area (Å²) >= 11 is 8.77. The predicted molar refractivity (Wildman–Crippen MR) is 90.4 cm³/mol. The number of ether oxygens (including phenoxy) is 1. The number of benzene rings is 1. The summed E-state index contributed by atoms with van der Waals surface area (Å²) in [5.74, 6) is 0.874. The van der Waals surface area contributed by atoms with Crippen molar-refractivity contribution in [1.82, 2.24) is 5.32 Å². The summed E-state index contributed by atoms with van der Waals surface area (Å²) < 4.78 is 7.87. The molecule has 0 bridgehead atoms. The highest BCUT2D eigenvalue weighted by Crippen LogP contribution is 2.29. The second-order valence-corrected chi connectivity index (χ2v) is 7.91. The van der Waals surface area contributed by atoms with Crippen LogP contribution >= 0.6 is 43.2 Å². The van der Waals surface area contributed by atoms with Crippen molar-refractivity contribution >= 4 is 43.2 Å². The normalized spacial score (nSPS) is 14.5. The molecule has 1 aromatic carbocycles. The largest absolute Gasteiger partial charge is 0.487 e. The van der Waals surface area contributed by atoms with Crippen LogP contribution in [-0.4, -0.2) is 6.04 Å². The van der Waals surface area contributed by atoms with Gasteiger partial charge in [0.1, 0.15) is 12.4 Å². The van der Waals surface area contributed by atoms with Crippen molar-refractivity contribution in [3.8, 4) is 5.75 Å². The van der Waals surface area contributed by atoms with Gasteiger partial charge in [-0.15, -0.1) is 11.3 Å². The van der Waals surface area contributed by atoms with Crippen molar-refractivity contribution in [3.05, 3.63) is 49.0 Å². The quantitative estimate of drug-likeness (QED) is 0.706. The molecule has 1 aromatic heterocycles. The molecule has 0 spiro atoms. The Morgan fingerprint density at radius 3 is 2.70 bits per heavy atom. The zero-order valence-corrected chi connectivity index (χ0v) is 14.9. The van der Waals surface area contributed by atoms with Crippen molar-refractivity contribution in [2.45, 2.75) is 32.0 Å². The van der Waals surface area contributed by atoms with Crippen LogP contribution in [0.2, 0.25) is 0 Å². The lowest BCUT2D eigenvalue weighted by Crippen LogP contribution is -2.14. The van der Waals surface area contributed by atoms with Gasteiger partial charge in [-0.1, -0.05) is 15.9 Å². The van der Waals surface area contributed by atoms with Gasteiger partial charge in [0.25, 0.3) is 0 Å².